The molecule has 0 fully saturated rings. The van der Waals surface area contributed by atoms with Crippen molar-refractivity contribution in [2.24, 2.45) is 10.9 Å². The van der Waals surface area contributed by atoms with Gasteiger partial charge in [0.25, 0.3) is 0 Å². The normalized spacial score (nSPS) is 14.8. The van der Waals surface area contributed by atoms with Gasteiger partial charge in [-0.2, -0.15) is 0 Å². The molecule has 0 amide bonds. The number of guanidine groups is 1. The first-order valence-corrected chi connectivity index (χ1v) is 9.88. The van der Waals surface area contributed by atoms with Crippen LogP contribution < -0.4 is 15.5 Å². The molecule has 6 heteroatoms. The van der Waals surface area contributed by atoms with Crippen molar-refractivity contribution in [2.45, 2.75) is 39.7 Å². The first kappa shape index (κ1) is 23.8. The van der Waals surface area contributed by atoms with E-state index < -0.39 is 0 Å². The molecule has 1 aliphatic heterocycles. The number of anilines is 1. The van der Waals surface area contributed by atoms with Crippen molar-refractivity contribution in [1.29, 1.82) is 0 Å². The van der Waals surface area contributed by atoms with E-state index in [1.54, 1.807) is 0 Å². The molecule has 1 aromatic carbocycles. The lowest BCUT2D eigenvalue weighted by molar-refractivity contribution is 0.251. The minimum absolute atomic E-state index is 0. The van der Waals surface area contributed by atoms with Crippen LogP contribution in [0.2, 0.25) is 0 Å². The van der Waals surface area contributed by atoms with Crippen molar-refractivity contribution < 1.29 is 5.11 Å². The fourth-order valence-electron chi connectivity index (χ4n) is 3.19. The van der Waals surface area contributed by atoms with Gasteiger partial charge in [-0.25, -0.2) is 4.99 Å². The summed E-state index contributed by atoms with van der Waals surface area (Å²) in [6.07, 6.45) is 7.51. The van der Waals surface area contributed by atoms with Crippen LogP contribution in [-0.4, -0.2) is 43.9 Å². The number of benzene rings is 1. The van der Waals surface area contributed by atoms with Gasteiger partial charge in [-0.15, -0.1) is 24.0 Å². The third kappa shape index (κ3) is 8.51. The average molecular weight is 486 g/mol. The van der Waals surface area contributed by atoms with Crippen LogP contribution in [0.15, 0.2) is 41.4 Å². The summed E-state index contributed by atoms with van der Waals surface area (Å²) in [5.74, 6) is 1.33. The maximum absolute atomic E-state index is 9.20. The lowest BCUT2D eigenvalue weighted by Gasteiger charge is -2.18. The second kappa shape index (κ2) is 13.8. The molecule has 5 nitrogen and oxygen atoms in total. The van der Waals surface area contributed by atoms with Crippen LogP contribution in [0, 0.1) is 5.92 Å². The molecule has 0 saturated carbocycles. The number of aliphatic hydroxyl groups excluding tert-OH is 1. The Balaban J connectivity index is 0.00000364. The van der Waals surface area contributed by atoms with E-state index in [1.807, 2.05) is 0 Å². The van der Waals surface area contributed by atoms with Crippen molar-refractivity contribution >= 4 is 35.6 Å². The Morgan fingerprint density at radius 3 is 2.41 bits per heavy atom. The SMILES string of the molecule is CCCC(CCO)CNC(=NCc1ccc(N2CC=CC2)cc1)NCC.I. The Kier molecular flexibility index (Phi) is 12.2. The number of hydrogen-bond acceptors (Lipinski definition) is 3. The van der Waals surface area contributed by atoms with Gasteiger partial charge >= 0.3 is 0 Å². The maximum atomic E-state index is 9.20. The summed E-state index contributed by atoms with van der Waals surface area (Å²) in [6.45, 7) is 8.86. The second-order valence-corrected chi connectivity index (χ2v) is 6.79. The molecule has 27 heavy (non-hydrogen) atoms. The molecule has 1 atom stereocenters. The van der Waals surface area contributed by atoms with Gasteiger partial charge in [0.05, 0.1) is 6.54 Å². The molecule has 2 rings (SSSR count). The fraction of sp³-hybridized carbons (Fsp3) is 0.571. The summed E-state index contributed by atoms with van der Waals surface area (Å²) in [5, 5.41) is 15.9. The zero-order chi connectivity index (χ0) is 18.6. The minimum atomic E-state index is 0. The maximum Gasteiger partial charge on any atom is 0.191 e. The number of hydrogen-bond donors (Lipinski definition) is 3. The zero-order valence-electron chi connectivity index (χ0n) is 16.7. The van der Waals surface area contributed by atoms with Gasteiger partial charge in [-0.3, -0.25) is 0 Å². The summed E-state index contributed by atoms with van der Waals surface area (Å²) in [5.41, 5.74) is 2.47. The molecule has 1 aromatic rings. The van der Waals surface area contributed by atoms with Crippen molar-refractivity contribution in [1.82, 2.24) is 10.6 Å². The van der Waals surface area contributed by atoms with E-state index in [1.165, 1.54) is 11.3 Å². The molecule has 152 valence electrons. The molecule has 0 bridgehead atoms. The fourth-order valence-corrected chi connectivity index (χ4v) is 3.19. The molecular formula is C21H35IN4O. The quantitative estimate of drug-likeness (QED) is 0.205. The van der Waals surface area contributed by atoms with Crippen molar-refractivity contribution in [3.63, 3.8) is 0 Å². The average Bonchev–Trinajstić information content (AvgIpc) is 3.19. The predicted octanol–water partition coefficient (Wildman–Crippen LogP) is 3.53. The molecule has 0 radical (unpaired) electrons. The topological polar surface area (TPSA) is 59.9 Å². The standard InChI is InChI=1S/C21H34N4O.HI/c1-3-7-18(12-15-26)16-23-21(22-4-2)24-17-19-8-10-20(11-9-19)25-13-5-6-14-25;/h5-6,8-11,18,26H,3-4,7,12-17H2,1-2H3,(H2,22,23,24);1H. The molecule has 0 saturated heterocycles. The zero-order valence-corrected chi connectivity index (χ0v) is 19.0. The number of nitrogens with one attached hydrogen (secondary N) is 2. The Morgan fingerprint density at radius 2 is 1.81 bits per heavy atom. The van der Waals surface area contributed by atoms with Gasteiger partial charge in [0.15, 0.2) is 5.96 Å². The van der Waals surface area contributed by atoms with E-state index >= 15 is 0 Å². The molecule has 0 aromatic heterocycles. The van der Waals surface area contributed by atoms with Gasteiger partial charge in [0.1, 0.15) is 0 Å². The smallest absolute Gasteiger partial charge is 0.191 e. The van der Waals surface area contributed by atoms with E-state index in [2.05, 4.69) is 65.8 Å². The molecule has 0 spiro atoms. The van der Waals surface area contributed by atoms with Crippen LogP contribution in [0.4, 0.5) is 5.69 Å². The van der Waals surface area contributed by atoms with E-state index in [0.717, 1.165) is 51.4 Å². The molecule has 1 heterocycles. The Bertz CT molecular complexity index is 560. The minimum Gasteiger partial charge on any atom is -0.396 e. The van der Waals surface area contributed by atoms with Crippen LogP contribution in [-0.2, 0) is 6.54 Å². The highest BCUT2D eigenvalue weighted by atomic mass is 127. The highest BCUT2D eigenvalue weighted by molar-refractivity contribution is 14.0. The first-order chi connectivity index (χ1) is 12.8. The Labute approximate surface area is 181 Å². The van der Waals surface area contributed by atoms with E-state index in [9.17, 15) is 5.11 Å². The van der Waals surface area contributed by atoms with Crippen LogP contribution in [0.25, 0.3) is 0 Å². The lowest BCUT2D eigenvalue weighted by Crippen LogP contribution is -2.40. The van der Waals surface area contributed by atoms with Crippen LogP contribution in [0.5, 0.6) is 0 Å². The van der Waals surface area contributed by atoms with Crippen molar-refractivity contribution in [3.8, 4) is 0 Å². The Hall–Kier alpha value is -1.28. The Morgan fingerprint density at radius 1 is 1.11 bits per heavy atom. The molecule has 0 aliphatic carbocycles. The number of nitrogens with zero attached hydrogens (tertiary/aromatic N) is 2. The number of rotatable bonds is 10. The van der Waals surface area contributed by atoms with Gasteiger partial charge in [0.2, 0.25) is 0 Å². The second-order valence-electron chi connectivity index (χ2n) is 6.79. The van der Waals surface area contributed by atoms with Crippen LogP contribution >= 0.6 is 24.0 Å². The highest BCUT2D eigenvalue weighted by Crippen LogP contribution is 2.18. The van der Waals surface area contributed by atoms with E-state index in [-0.39, 0.29) is 30.6 Å². The van der Waals surface area contributed by atoms with E-state index in [4.69, 9.17) is 4.99 Å². The number of aliphatic imine (C=N–C) groups is 1. The predicted molar refractivity (Wildman–Crippen MR) is 126 cm³/mol. The summed E-state index contributed by atoms with van der Waals surface area (Å²) in [6, 6.07) is 8.67. The summed E-state index contributed by atoms with van der Waals surface area (Å²) >= 11 is 0. The highest BCUT2D eigenvalue weighted by Gasteiger charge is 2.09. The monoisotopic (exact) mass is 486 g/mol. The van der Waals surface area contributed by atoms with Crippen LogP contribution in [0.3, 0.4) is 0 Å². The third-order valence-electron chi connectivity index (χ3n) is 4.68. The lowest BCUT2D eigenvalue weighted by atomic mass is 10.0. The summed E-state index contributed by atoms with van der Waals surface area (Å²) < 4.78 is 0. The summed E-state index contributed by atoms with van der Waals surface area (Å²) in [4.78, 5) is 7.05. The first-order valence-electron chi connectivity index (χ1n) is 9.88. The van der Waals surface area contributed by atoms with E-state index in [0.29, 0.717) is 12.5 Å². The number of halogens is 1. The van der Waals surface area contributed by atoms with Gasteiger partial charge in [-0.05, 0) is 43.4 Å². The molecule has 1 unspecified atom stereocenters. The summed E-state index contributed by atoms with van der Waals surface area (Å²) in [7, 11) is 0. The van der Waals surface area contributed by atoms with Crippen molar-refractivity contribution in [2.75, 3.05) is 37.7 Å². The molecule has 1 aliphatic rings. The largest absolute Gasteiger partial charge is 0.396 e. The van der Waals surface area contributed by atoms with Gasteiger partial charge < -0.3 is 20.6 Å². The van der Waals surface area contributed by atoms with Crippen LogP contribution in [0.1, 0.15) is 38.7 Å². The number of aliphatic hydroxyl groups is 1. The molecule has 3 N–H and O–H groups in total. The van der Waals surface area contributed by atoms with Gasteiger partial charge in [-0.1, -0.05) is 37.6 Å². The third-order valence-corrected chi connectivity index (χ3v) is 4.68. The molecular weight excluding hydrogens is 451 g/mol. The van der Waals surface area contributed by atoms with Gasteiger partial charge in [0, 0.05) is 38.5 Å². The van der Waals surface area contributed by atoms with Crippen molar-refractivity contribution in [3.05, 3.63) is 42.0 Å².